The zero-order chi connectivity index (χ0) is 26.5. The lowest BCUT2D eigenvalue weighted by Gasteiger charge is -2.32. The van der Waals surface area contributed by atoms with Gasteiger partial charge in [-0.15, -0.1) is 11.3 Å². The lowest BCUT2D eigenvalue weighted by atomic mass is 9.70. The van der Waals surface area contributed by atoms with Crippen LogP contribution in [0, 0.1) is 5.41 Å². The number of carbonyl (C=O) groups is 2. The maximum atomic E-state index is 14.0. The molecule has 1 fully saturated rings. The molecule has 0 bridgehead atoms. The van der Waals surface area contributed by atoms with E-state index in [0.29, 0.717) is 30.3 Å². The van der Waals surface area contributed by atoms with Gasteiger partial charge in [-0.2, -0.15) is 0 Å². The topological polar surface area (TPSA) is 79.2 Å². The van der Waals surface area contributed by atoms with Gasteiger partial charge in [-0.05, 0) is 44.9 Å². The number of thiophene rings is 1. The molecule has 6 nitrogen and oxygen atoms in total. The number of nitrogens with zero attached hydrogens (tertiary/aromatic N) is 2. The highest BCUT2D eigenvalue weighted by atomic mass is 32.1. The van der Waals surface area contributed by atoms with Crippen LogP contribution in [0.5, 0.6) is 0 Å². The Labute approximate surface area is 220 Å². The lowest BCUT2D eigenvalue weighted by Crippen LogP contribution is -2.33. The van der Waals surface area contributed by atoms with Crippen LogP contribution in [0.1, 0.15) is 67.4 Å². The third kappa shape index (κ3) is 6.72. The molecular weight excluding hydrogens is 488 g/mol. The summed E-state index contributed by atoms with van der Waals surface area (Å²) in [5, 5.41) is 9.37. The summed E-state index contributed by atoms with van der Waals surface area (Å²) >= 11 is 1.19. The summed E-state index contributed by atoms with van der Waals surface area (Å²) in [6.45, 7) is 14.0. The van der Waals surface area contributed by atoms with Crippen molar-refractivity contribution in [1.29, 1.82) is 0 Å². The quantitative estimate of drug-likeness (QED) is 0.256. The average molecular weight is 529 g/mol. The first kappa shape index (κ1) is 28.3. The van der Waals surface area contributed by atoms with E-state index in [0.717, 1.165) is 42.3 Å². The van der Waals surface area contributed by atoms with Crippen molar-refractivity contribution in [3.63, 3.8) is 0 Å². The van der Waals surface area contributed by atoms with Crippen LogP contribution in [0.4, 0.5) is 0 Å². The maximum absolute atomic E-state index is 14.0. The van der Waals surface area contributed by atoms with Crippen molar-refractivity contribution in [2.45, 2.75) is 78.6 Å². The van der Waals surface area contributed by atoms with Crippen LogP contribution >= 0.6 is 11.3 Å². The van der Waals surface area contributed by atoms with Gasteiger partial charge < -0.3 is 14.7 Å². The normalized spacial score (nSPS) is 20.8. The fourth-order valence-electron chi connectivity index (χ4n) is 4.65. The number of ketones is 1. The Morgan fingerprint density at radius 1 is 1.17 bits per heavy atom. The predicted octanol–water partition coefficient (Wildman–Crippen LogP) is 7.20. The Morgan fingerprint density at radius 3 is 2.39 bits per heavy atom. The Morgan fingerprint density at radius 2 is 1.83 bits per heavy atom. The third-order valence-electron chi connectivity index (χ3n) is 6.92. The van der Waals surface area contributed by atoms with E-state index in [-0.39, 0.29) is 10.7 Å². The van der Waals surface area contributed by atoms with E-state index in [1.807, 2.05) is 37.1 Å². The van der Waals surface area contributed by atoms with E-state index in [9.17, 15) is 14.7 Å². The second-order valence-electron chi connectivity index (χ2n) is 11.1. The predicted molar refractivity (Wildman–Crippen MR) is 151 cm³/mol. The minimum absolute atomic E-state index is 0.137. The average Bonchev–Trinajstić information content (AvgIpc) is 3.44. The molecule has 1 aliphatic carbocycles. The van der Waals surface area contributed by atoms with Crippen molar-refractivity contribution in [3.8, 4) is 0 Å². The highest BCUT2D eigenvalue weighted by molar-refractivity contribution is 7.15. The van der Waals surface area contributed by atoms with Gasteiger partial charge in [0.25, 0.3) is 0 Å². The molecule has 8 heteroatoms. The summed E-state index contributed by atoms with van der Waals surface area (Å²) in [5.74, 6) is -0.815. The molecule has 2 aliphatic rings. The molecule has 0 unspecified atom stereocenters. The van der Waals surface area contributed by atoms with Crippen LogP contribution < -0.4 is 0 Å². The number of aromatic carboxylic acids is 1. The summed E-state index contributed by atoms with van der Waals surface area (Å²) in [5.41, 5.74) is 2.38. The summed E-state index contributed by atoms with van der Waals surface area (Å²) in [6, 6.07) is 4.46. The van der Waals surface area contributed by atoms with Gasteiger partial charge in [0.1, 0.15) is 11.6 Å². The van der Waals surface area contributed by atoms with E-state index < -0.39 is 19.5 Å². The summed E-state index contributed by atoms with van der Waals surface area (Å²) < 4.78 is 6.05. The number of carboxylic acid groups (broad SMARTS) is 1. The lowest BCUT2D eigenvalue weighted by molar-refractivity contribution is -0.125. The largest absolute Gasteiger partial charge is 0.477 e. The van der Waals surface area contributed by atoms with Crippen LogP contribution in [0.2, 0.25) is 25.7 Å². The molecule has 0 atom stereocenters. The van der Waals surface area contributed by atoms with E-state index in [4.69, 9.17) is 9.73 Å². The van der Waals surface area contributed by atoms with Gasteiger partial charge in [0.15, 0.2) is 5.78 Å². The molecule has 1 saturated carbocycles. The fourth-order valence-corrected chi connectivity index (χ4v) is 6.27. The molecule has 0 aromatic carbocycles. The smallest absolute Gasteiger partial charge is 0.345 e. The summed E-state index contributed by atoms with van der Waals surface area (Å²) in [7, 11) is -1.21. The van der Waals surface area contributed by atoms with Gasteiger partial charge >= 0.3 is 5.97 Å². The Balaban J connectivity index is 1.97. The Kier molecular flexibility index (Phi) is 9.30. The van der Waals surface area contributed by atoms with Crippen molar-refractivity contribution in [3.05, 3.63) is 51.5 Å². The molecule has 0 amide bonds. The van der Waals surface area contributed by atoms with Crippen molar-refractivity contribution in [2.75, 3.05) is 13.3 Å². The number of hydrogen-bond donors (Lipinski definition) is 1. The first-order chi connectivity index (χ1) is 17.0. The molecule has 196 valence electrons. The van der Waals surface area contributed by atoms with Gasteiger partial charge in [-0.25, -0.2) is 9.79 Å². The first-order valence-corrected chi connectivity index (χ1v) is 17.4. The number of carboxylic acids is 1. The molecule has 1 aromatic heterocycles. The molecule has 0 radical (unpaired) electrons. The number of Topliss-reactive ketones (excluding diaryl/α,β-unsaturated/α-hetero) is 1. The minimum atomic E-state index is -1.21. The molecule has 1 N–H and O–H groups in total. The van der Waals surface area contributed by atoms with Crippen LogP contribution in [0.25, 0.3) is 5.70 Å². The molecule has 1 aliphatic heterocycles. The molecule has 36 heavy (non-hydrogen) atoms. The second-order valence-corrected chi connectivity index (χ2v) is 17.8. The van der Waals surface area contributed by atoms with Gasteiger partial charge in [0.05, 0.1) is 27.6 Å². The van der Waals surface area contributed by atoms with Crippen LogP contribution in [-0.4, -0.2) is 48.9 Å². The first-order valence-electron chi connectivity index (χ1n) is 12.9. The number of ether oxygens (including phenoxy) is 1. The SMILES string of the molecule is CC=C1C(=N/C(=C\C)c2ccc(C(=O)O)s2)C(C(=O)C2(C)CCCCC2)=CN1COCC[Si](C)(C)C. The highest BCUT2D eigenvalue weighted by Crippen LogP contribution is 2.41. The molecule has 1 aromatic rings. The molecular formula is C28H40N2O4SSi. The maximum Gasteiger partial charge on any atom is 0.345 e. The third-order valence-corrected chi connectivity index (χ3v) is 9.72. The summed E-state index contributed by atoms with van der Waals surface area (Å²) in [6.07, 6.45) is 10.8. The number of carbonyl (C=O) groups excluding carboxylic acids is 1. The fraction of sp³-hybridized carbons (Fsp3) is 0.536. The Hall–Kier alpha value is -2.29. The Bertz CT molecular complexity index is 1100. The van der Waals surface area contributed by atoms with Gasteiger partial charge in [0, 0.05) is 26.3 Å². The van der Waals surface area contributed by atoms with Gasteiger partial charge in [-0.1, -0.05) is 58.0 Å². The monoisotopic (exact) mass is 528 g/mol. The molecule has 0 spiro atoms. The molecule has 0 saturated heterocycles. The van der Waals surface area contributed by atoms with Gasteiger partial charge in [0.2, 0.25) is 0 Å². The van der Waals surface area contributed by atoms with Crippen LogP contribution in [0.3, 0.4) is 0 Å². The number of allylic oxidation sites excluding steroid dienone is 3. The highest BCUT2D eigenvalue weighted by Gasteiger charge is 2.41. The van der Waals surface area contributed by atoms with E-state index in [1.54, 1.807) is 12.1 Å². The molecule has 3 rings (SSSR count). The minimum Gasteiger partial charge on any atom is -0.477 e. The van der Waals surface area contributed by atoms with Crippen molar-refractivity contribution < 1.29 is 19.4 Å². The standard InChI is InChI=1S/C28H40N2O4SSi/c1-7-21(23-12-13-24(35-23)27(32)33)29-25-20(26(31)28(3)14-10-9-11-15-28)18-30(22(25)8-2)19-34-16-17-36(4,5)6/h7-8,12-13,18H,9-11,14-17,19H2,1-6H3,(H,32,33)/b21-7-,22-8?,29-25?. The van der Waals surface area contributed by atoms with E-state index >= 15 is 0 Å². The number of aliphatic imine (C=N–C) groups is 1. The summed E-state index contributed by atoms with van der Waals surface area (Å²) in [4.78, 5) is 33.4. The number of hydrogen-bond acceptors (Lipinski definition) is 6. The zero-order valence-corrected chi connectivity index (χ0v) is 24.3. The van der Waals surface area contributed by atoms with Crippen LogP contribution in [0.15, 0.2) is 46.7 Å². The van der Waals surface area contributed by atoms with Gasteiger partial charge in [-0.3, -0.25) is 4.79 Å². The van der Waals surface area contributed by atoms with Crippen molar-refractivity contribution in [2.24, 2.45) is 10.4 Å². The molecule has 2 heterocycles. The second kappa shape index (κ2) is 11.8. The van der Waals surface area contributed by atoms with Crippen LogP contribution in [-0.2, 0) is 9.53 Å². The number of rotatable bonds is 10. The van der Waals surface area contributed by atoms with E-state index in [2.05, 4.69) is 26.6 Å². The zero-order valence-electron chi connectivity index (χ0n) is 22.5. The van der Waals surface area contributed by atoms with Crippen molar-refractivity contribution in [1.82, 2.24) is 4.90 Å². The van der Waals surface area contributed by atoms with E-state index in [1.165, 1.54) is 17.8 Å². The van der Waals surface area contributed by atoms with Crippen molar-refractivity contribution >= 4 is 42.6 Å².